The molecule has 1 aromatic heterocycles. The monoisotopic (exact) mass is 301 g/mol. The first-order chi connectivity index (χ1) is 10.3. The lowest BCUT2D eigenvalue weighted by molar-refractivity contribution is 0.133. The Kier molecular flexibility index (Phi) is 5.56. The minimum absolute atomic E-state index is 0.349. The Morgan fingerprint density at radius 1 is 1.29 bits per heavy atom. The molecule has 0 saturated carbocycles. The topological polar surface area (TPSA) is 57.9 Å². The van der Waals surface area contributed by atoms with Gasteiger partial charge in [-0.05, 0) is 24.1 Å². The molecule has 0 saturated heterocycles. The first-order valence-electron chi connectivity index (χ1n) is 6.69. The van der Waals surface area contributed by atoms with E-state index in [2.05, 4.69) is 10.3 Å². The summed E-state index contributed by atoms with van der Waals surface area (Å²) in [6, 6.07) is 11.7. The summed E-state index contributed by atoms with van der Waals surface area (Å²) in [5, 5.41) is 12.5. The van der Waals surface area contributed by atoms with Crippen molar-refractivity contribution in [3.8, 4) is 6.07 Å². The van der Waals surface area contributed by atoms with Gasteiger partial charge in [-0.1, -0.05) is 35.9 Å². The fourth-order valence-corrected chi connectivity index (χ4v) is 2.14. The van der Waals surface area contributed by atoms with Crippen molar-refractivity contribution in [2.24, 2.45) is 0 Å². The van der Waals surface area contributed by atoms with Gasteiger partial charge in [0.15, 0.2) is 0 Å². The Morgan fingerprint density at radius 2 is 2.05 bits per heavy atom. The van der Waals surface area contributed by atoms with E-state index in [1.165, 1.54) is 0 Å². The average molecular weight is 302 g/mol. The highest BCUT2D eigenvalue weighted by Crippen LogP contribution is 2.23. The summed E-state index contributed by atoms with van der Waals surface area (Å²) >= 11 is 6.13. The maximum Gasteiger partial charge on any atom is 0.146 e. The standard InChI is InChI=1S/C16H16ClN3O/c1-2-21-11-14-6-4-3-5-13(14)10-20-16-15(17)12(9-18)7-8-19-16/h3-8H,2,10-11H2,1H3,(H,19,20). The molecule has 0 aliphatic rings. The molecule has 0 bridgehead atoms. The summed E-state index contributed by atoms with van der Waals surface area (Å²) in [4.78, 5) is 4.17. The van der Waals surface area contributed by atoms with Crippen LogP contribution in [0.25, 0.3) is 0 Å². The van der Waals surface area contributed by atoms with E-state index in [0.717, 1.165) is 11.1 Å². The number of aromatic nitrogens is 1. The van der Waals surface area contributed by atoms with Gasteiger partial charge in [-0.2, -0.15) is 5.26 Å². The Hall–Kier alpha value is -2.09. The van der Waals surface area contributed by atoms with Crippen molar-refractivity contribution in [3.63, 3.8) is 0 Å². The number of benzene rings is 1. The second-order valence-electron chi connectivity index (χ2n) is 4.39. The van der Waals surface area contributed by atoms with Crippen LogP contribution in [0, 0.1) is 11.3 Å². The van der Waals surface area contributed by atoms with Gasteiger partial charge in [-0.15, -0.1) is 0 Å². The van der Waals surface area contributed by atoms with Crippen LogP contribution in [0.3, 0.4) is 0 Å². The highest BCUT2D eigenvalue weighted by molar-refractivity contribution is 6.34. The molecule has 108 valence electrons. The van der Waals surface area contributed by atoms with Crippen molar-refractivity contribution in [3.05, 3.63) is 58.2 Å². The molecule has 0 spiro atoms. The first-order valence-corrected chi connectivity index (χ1v) is 7.07. The molecular weight excluding hydrogens is 286 g/mol. The zero-order valence-corrected chi connectivity index (χ0v) is 12.5. The van der Waals surface area contributed by atoms with Gasteiger partial charge in [0.25, 0.3) is 0 Å². The number of halogens is 1. The quantitative estimate of drug-likeness (QED) is 0.882. The van der Waals surface area contributed by atoms with Crippen LogP contribution in [0.2, 0.25) is 5.02 Å². The number of nitriles is 1. The zero-order chi connectivity index (χ0) is 15.1. The molecule has 0 amide bonds. The maximum atomic E-state index is 8.96. The van der Waals surface area contributed by atoms with Gasteiger partial charge in [-0.25, -0.2) is 4.98 Å². The molecule has 0 aliphatic carbocycles. The fourth-order valence-electron chi connectivity index (χ4n) is 1.92. The van der Waals surface area contributed by atoms with Gasteiger partial charge >= 0.3 is 0 Å². The van der Waals surface area contributed by atoms with Crippen LogP contribution in [0.4, 0.5) is 5.82 Å². The highest BCUT2D eigenvalue weighted by atomic mass is 35.5. The summed E-state index contributed by atoms with van der Waals surface area (Å²) in [5.74, 6) is 0.516. The van der Waals surface area contributed by atoms with E-state index in [1.807, 2.05) is 37.3 Å². The van der Waals surface area contributed by atoms with E-state index in [4.69, 9.17) is 21.6 Å². The number of pyridine rings is 1. The molecular formula is C16H16ClN3O. The predicted octanol–water partition coefficient (Wildman–Crippen LogP) is 3.76. The van der Waals surface area contributed by atoms with Gasteiger partial charge in [0, 0.05) is 19.3 Å². The maximum absolute atomic E-state index is 8.96. The van der Waals surface area contributed by atoms with Crippen LogP contribution in [0.1, 0.15) is 23.6 Å². The molecule has 2 rings (SSSR count). The van der Waals surface area contributed by atoms with Crippen molar-refractivity contribution in [1.29, 1.82) is 5.26 Å². The van der Waals surface area contributed by atoms with Crippen LogP contribution >= 0.6 is 11.6 Å². The Bertz CT molecular complexity index is 652. The fraction of sp³-hybridized carbons (Fsp3) is 0.250. The number of nitrogens with one attached hydrogen (secondary N) is 1. The smallest absolute Gasteiger partial charge is 0.146 e. The molecule has 0 unspecified atom stereocenters. The molecule has 0 fully saturated rings. The van der Waals surface area contributed by atoms with Gasteiger partial charge in [0.05, 0.1) is 12.2 Å². The van der Waals surface area contributed by atoms with E-state index in [-0.39, 0.29) is 0 Å². The van der Waals surface area contributed by atoms with Crippen LogP contribution in [-0.4, -0.2) is 11.6 Å². The van der Waals surface area contributed by atoms with Crippen molar-refractivity contribution in [2.75, 3.05) is 11.9 Å². The van der Waals surface area contributed by atoms with Crippen LogP contribution in [0.15, 0.2) is 36.5 Å². The number of rotatable bonds is 6. The number of ether oxygens (including phenoxy) is 1. The largest absolute Gasteiger partial charge is 0.377 e. The predicted molar refractivity (Wildman–Crippen MR) is 83.1 cm³/mol. The first kappa shape index (κ1) is 15.3. The van der Waals surface area contributed by atoms with Crippen LogP contribution in [0.5, 0.6) is 0 Å². The number of nitrogens with zero attached hydrogens (tertiary/aromatic N) is 2. The normalized spacial score (nSPS) is 10.1. The molecule has 1 aromatic carbocycles. The second kappa shape index (κ2) is 7.63. The Labute approximate surface area is 129 Å². The molecule has 0 atom stereocenters. The molecule has 1 heterocycles. The van der Waals surface area contributed by atoms with Gasteiger partial charge in [0.1, 0.15) is 16.9 Å². The number of anilines is 1. The summed E-state index contributed by atoms with van der Waals surface area (Å²) in [7, 11) is 0. The van der Waals surface area contributed by atoms with Crippen LogP contribution < -0.4 is 5.32 Å². The summed E-state index contributed by atoms with van der Waals surface area (Å²) < 4.78 is 5.46. The molecule has 0 radical (unpaired) electrons. The SMILES string of the molecule is CCOCc1ccccc1CNc1nccc(C#N)c1Cl. The lowest BCUT2D eigenvalue weighted by Gasteiger charge is -2.12. The third-order valence-corrected chi connectivity index (χ3v) is 3.42. The summed E-state index contributed by atoms with van der Waals surface area (Å²) in [6.07, 6.45) is 1.57. The van der Waals surface area contributed by atoms with Gasteiger partial charge in [0.2, 0.25) is 0 Å². The second-order valence-corrected chi connectivity index (χ2v) is 4.77. The molecule has 2 aromatic rings. The third kappa shape index (κ3) is 3.94. The van der Waals surface area contributed by atoms with Crippen LogP contribution in [-0.2, 0) is 17.9 Å². The molecule has 0 aliphatic heterocycles. The van der Waals surface area contributed by atoms with E-state index < -0.39 is 0 Å². The summed E-state index contributed by atoms with van der Waals surface area (Å²) in [5.41, 5.74) is 2.65. The molecule has 21 heavy (non-hydrogen) atoms. The number of hydrogen-bond acceptors (Lipinski definition) is 4. The van der Waals surface area contributed by atoms with Gasteiger partial charge in [-0.3, -0.25) is 0 Å². The van der Waals surface area contributed by atoms with E-state index in [1.54, 1.807) is 12.3 Å². The Morgan fingerprint density at radius 3 is 2.76 bits per heavy atom. The lowest BCUT2D eigenvalue weighted by atomic mass is 10.1. The summed E-state index contributed by atoms with van der Waals surface area (Å²) in [6.45, 7) is 3.80. The van der Waals surface area contributed by atoms with Gasteiger partial charge < -0.3 is 10.1 Å². The molecule has 5 heteroatoms. The minimum Gasteiger partial charge on any atom is -0.377 e. The third-order valence-electron chi connectivity index (χ3n) is 3.04. The van der Waals surface area contributed by atoms with Crippen molar-refractivity contribution in [2.45, 2.75) is 20.1 Å². The minimum atomic E-state index is 0.349. The molecule has 1 N–H and O–H groups in total. The zero-order valence-electron chi connectivity index (χ0n) is 11.8. The molecule has 4 nitrogen and oxygen atoms in total. The van der Waals surface area contributed by atoms with Crippen molar-refractivity contribution >= 4 is 17.4 Å². The number of hydrogen-bond donors (Lipinski definition) is 1. The lowest BCUT2D eigenvalue weighted by Crippen LogP contribution is -2.06. The highest BCUT2D eigenvalue weighted by Gasteiger charge is 2.08. The van der Waals surface area contributed by atoms with Crippen molar-refractivity contribution < 1.29 is 4.74 Å². The van der Waals surface area contributed by atoms with E-state index in [9.17, 15) is 0 Å². The van der Waals surface area contributed by atoms with E-state index in [0.29, 0.717) is 36.2 Å². The van der Waals surface area contributed by atoms with E-state index >= 15 is 0 Å². The Balaban J connectivity index is 2.12. The van der Waals surface area contributed by atoms with Crippen molar-refractivity contribution in [1.82, 2.24) is 4.98 Å². The average Bonchev–Trinajstić information content (AvgIpc) is 2.52.